The van der Waals surface area contributed by atoms with Gasteiger partial charge in [0.2, 0.25) is 15.9 Å². The lowest BCUT2D eigenvalue weighted by Crippen LogP contribution is -2.39. The van der Waals surface area contributed by atoms with Crippen molar-refractivity contribution in [2.24, 2.45) is 0 Å². The van der Waals surface area contributed by atoms with E-state index in [0.29, 0.717) is 29.5 Å². The molecule has 1 N–H and O–H groups in total. The van der Waals surface area contributed by atoms with Crippen LogP contribution in [0.4, 0.5) is 16.2 Å². The molecule has 11 heteroatoms. The molecule has 4 rings (SSSR count). The molecule has 2 aromatic rings. The number of carbonyl (C=O) groups is 3. The van der Waals surface area contributed by atoms with Gasteiger partial charge in [-0.2, -0.15) is 4.31 Å². The van der Waals surface area contributed by atoms with E-state index in [2.05, 4.69) is 5.32 Å². The molecule has 1 atom stereocenters. The summed E-state index contributed by atoms with van der Waals surface area (Å²) in [6, 6.07) is 11.0. The van der Waals surface area contributed by atoms with Crippen LogP contribution in [-0.2, 0) is 19.6 Å². The first kappa shape index (κ1) is 25.2. The van der Waals surface area contributed by atoms with E-state index in [1.54, 1.807) is 31.2 Å². The number of anilines is 2. The molecule has 0 aromatic heterocycles. The summed E-state index contributed by atoms with van der Waals surface area (Å²) in [6.45, 7) is 2.14. The standard InChI is InChI=1S/C24H27ClN4O5S/c1-17-23(31)28(24(32)29(17)20-10-6-18(25)7-11-20)16-22(30)26-19-8-12-21(13-9-19)35(33,34)27-14-4-2-3-5-15-27/h6-13,17H,2-5,14-16H2,1H3,(H,26,30). The molecule has 35 heavy (non-hydrogen) atoms. The van der Waals surface area contributed by atoms with Gasteiger partial charge in [-0.3, -0.25) is 19.4 Å². The SMILES string of the molecule is CC1C(=O)N(CC(=O)Nc2ccc(S(=O)(=O)N3CCCCCC3)cc2)C(=O)N1c1ccc(Cl)cc1. The first-order valence-corrected chi connectivity index (χ1v) is 13.3. The first-order chi connectivity index (χ1) is 16.7. The van der Waals surface area contributed by atoms with Gasteiger partial charge < -0.3 is 5.32 Å². The number of carbonyl (C=O) groups excluding carboxylic acids is 3. The fourth-order valence-corrected chi connectivity index (χ4v) is 5.94. The van der Waals surface area contributed by atoms with Crippen molar-refractivity contribution in [2.75, 3.05) is 29.9 Å². The van der Waals surface area contributed by atoms with Crippen molar-refractivity contribution in [3.8, 4) is 0 Å². The molecule has 0 radical (unpaired) electrons. The lowest BCUT2D eigenvalue weighted by Gasteiger charge is -2.20. The minimum atomic E-state index is -3.60. The molecule has 2 aliphatic heterocycles. The third-order valence-electron chi connectivity index (χ3n) is 6.20. The van der Waals surface area contributed by atoms with Crippen LogP contribution in [0, 0.1) is 0 Å². The zero-order valence-electron chi connectivity index (χ0n) is 19.3. The number of imide groups is 1. The van der Waals surface area contributed by atoms with Crippen LogP contribution in [0.5, 0.6) is 0 Å². The van der Waals surface area contributed by atoms with Gasteiger partial charge in [0.1, 0.15) is 12.6 Å². The maximum absolute atomic E-state index is 12.9. The predicted octanol–water partition coefficient (Wildman–Crippen LogP) is 3.70. The number of urea groups is 1. The Kier molecular flexibility index (Phi) is 7.44. The second kappa shape index (κ2) is 10.3. The Bertz CT molecular complexity index is 1210. The number of sulfonamides is 1. The number of hydrogen-bond donors (Lipinski definition) is 1. The number of hydrogen-bond acceptors (Lipinski definition) is 5. The van der Waals surface area contributed by atoms with Crippen LogP contribution < -0.4 is 10.2 Å². The molecule has 0 saturated carbocycles. The summed E-state index contributed by atoms with van der Waals surface area (Å²) < 4.78 is 27.3. The van der Waals surface area contributed by atoms with Crippen LogP contribution in [-0.4, -0.2) is 61.1 Å². The Morgan fingerprint density at radius 3 is 2.17 bits per heavy atom. The minimum absolute atomic E-state index is 0.162. The molecular formula is C24H27ClN4O5S. The summed E-state index contributed by atoms with van der Waals surface area (Å²) in [4.78, 5) is 40.5. The van der Waals surface area contributed by atoms with Crippen LogP contribution in [0.15, 0.2) is 53.4 Å². The van der Waals surface area contributed by atoms with Crippen molar-refractivity contribution in [3.05, 3.63) is 53.6 Å². The molecule has 2 aromatic carbocycles. The Morgan fingerprint density at radius 2 is 1.57 bits per heavy atom. The number of benzene rings is 2. The van der Waals surface area contributed by atoms with E-state index in [1.165, 1.54) is 33.5 Å². The predicted molar refractivity (Wildman–Crippen MR) is 133 cm³/mol. The highest BCUT2D eigenvalue weighted by Crippen LogP contribution is 2.27. The highest BCUT2D eigenvalue weighted by Gasteiger charge is 2.44. The second-order valence-corrected chi connectivity index (χ2v) is 11.0. The Hall–Kier alpha value is -2.95. The van der Waals surface area contributed by atoms with Gasteiger partial charge in [0.05, 0.1) is 4.90 Å². The first-order valence-electron chi connectivity index (χ1n) is 11.5. The Morgan fingerprint density at radius 1 is 0.971 bits per heavy atom. The summed E-state index contributed by atoms with van der Waals surface area (Å²) in [5, 5.41) is 3.13. The Labute approximate surface area is 209 Å². The van der Waals surface area contributed by atoms with Crippen LogP contribution >= 0.6 is 11.6 Å². The molecule has 0 spiro atoms. The van der Waals surface area contributed by atoms with Gasteiger partial charge >= 0.3 is 6.03 Å². The average molecular weight is 519 g/mol. The van der Waals surface area contributed by atoms with E-state index >= 15 is 0 Å². The molecule has 186 valence electrons. The zero-order valence-corrected chi connectivity index (χ0v) is 20.9. The van der Waals surface area contributed by atoms with Gasteiger partial charge in [-0.15, -0.1) is 0 Å². The topological polar surface area (TPSA) is 107 Å². The molecule has 1 unspecified atom stereocenters. The summed E-state index contributed by atoms with van der Waals surface area (Å²) >= 11 is 5.91. The molecule has 4 amide bonds. The largest absolute Gasteiger partial charge is 0.332 e. The van der Waals surface area contributed by atoms with Crippen LogP contribution in [0.3, 0.4) is 0 Å². The fraction of sp³-hybridized carbons (Fsp3) is 0.375. The minimum Gasteiger partial charge on any atom is -0.325 e. The number of nitrogens with one attached hydrogen (secondary N) is 1. The lowest BCUT2D eigenvalue weighted by atomic mass is 10.2. The number of halogens is 1. The molecule has 2 aliphatic rings. The van der Waals surface area contributed by atoms with Crippen molar-refractivity contribution in [1.29, 1.82) is 0 Å². The molecule has 2 fully saturated rings. The second-order valence-electron chi connectivity index (χ2n) is 8.62. The fourth-order valence-electron chi connectivity index (χ4n) is 4.29. The van der Waals surface area contributed by atoms with Crippen molar-refractivity contribution < 1.29 is 22.8 Å². The van der Waals surface area contributed by atoms with E-state index in [-0.39, 0.29) is 4.90 Å². The molecule has 0 bridgehead atoms. The maximum Gasteiger partial charge on any atom is 0.332 e. The quantitative estimate of drug-likeness (QED) is 0.587. The normalized spacial score (nSPS) is 19.7. The van der Waals surface area contributed by atoms with Gasteiger partial charge in [0.15, 0.2) is 0 Å². The highest BCUT2D eigenvalue weighted by atomic mass is 35.5. The molecular weight excluding hydrogens is 492 g/mol. The highest BCUT2D eigenvalue weighted by molar-refractivity contribution is 7.89. The van der Waals surface area contributed by atoms with Gasteiger partial charge in [0, 0.05) is 29.5 Å². The van der Waals surface area contributed by atoms with Gasteiger partial charge in [-0.1, -0.05) is 24.4 Å². The Balaban J connectivity index is 1.40. The van der Waals surface area contributed by atoms with Gasteiger partial charge in [0.25, 0.3) is 5.91 Å². The summed E-state index contributed by atoms with van der Waals surface area (Å²) in [5.41, 5.74) is 0.871. The van der Waals surface area contributed by atoms with E-state index in [0.717, 1.165) is 30.6 Å². The average Bonchev–Trinajstić information content (AvgIpc) is 3.04. The summed E-state index contributed by atoms with van der Waals surface area (Å²) in [5.74, 6) is -1.06. The van der Waals surface area contributed by atoms with E-state index in [9.17, 15) is 22.8 Å². The number of nitrogens with zero attached hydrogens (tertiary/aromatic N) is 3. The van der Waals surface area contributed by atoms with Crippen molar-refractivity contribution in [2.45, 2.75) is 43.5 Å². The van der Waals surface area contributed by atoms with Crippen molar-refractivity contribution in [3.63, 3.8) is 0 Å². The summed E-state index contributed by atoms with van der Waals surface area (Å²) in [6.07, 6.45) is 3.73. The third kappa shape index (κ3) is 5.34. The van der Waals surface area contributed by atoms with E-state index in [1.807, 2.05) is 0 Å². The molecule has 2 heterocycles. The zero-order chi connectivity index (χ0) is 25.2. The number of amides is 4. The smallest absolute Gasteiger partial charge is 0.325 e. The van der Waals surface area contributed by atoms with Crippen LogP contribution in [0.1, 0.15) is 32.6 Å². The molecule has 9 nitrogen and oxygen atoms in total. The van der Waals surface area contributed by atoms with E-state index in [4.69, 9.17) is 11.6 Å². The summed E-state index contributed by atoms with van der Waals surface area (Å²) in [7, 11) is -3.60. The van der Waals surface area contributed by atoms with Crippen molar-refractivity contribution >= 4 is 50.8 Å². The third-order valence-corrected chi connectivity index (χ3v) is 8.36. The van der Waals surface area contributed by atoms with Crippen LogP contribution in [0.2, 0.25) is 5.02 Å². The lowest BCUT2D eigenvalue weighted by molar-refractivity contribution is -0.130. The van der Waals surface area contributed by atoms with Crippen LogP contribution in [0.25, 0.3) is 0 Å². The maximum atomic E-state index is 12.9. The molecule has 2 saturated heterocycles. The number of rotatable bonds is 6. The molecule has 0 aliphatic carbocycles. The van der Waals surface area contributed by atoms with Gasteiger partial charge in [-0.25, -0.2) is 13.2 Å². The van der Waals surface area contributed by atoms with Gasteiger partial charge in [-0.05, 0) is 68.3 Å². The van der Waals surface area contributed by atoms with Crippen molar-refractivity contribution in [1.82, 2.24) is 9.21 Å². The monoisotopic (exact) mass is 518 g/mol. The van der Waals surface area contributed by atoms with E-state index < -0.39 is 40.5 Å².